The van der Waals surface area contributed by atoms with E-state index in [1.165, 1.54) is 0 Å². The average Bonchev–Trinajstić information content (AvgIpc) is 2.49. The number of aliphatic carboxylic acids is 1. The minimum atomic E-state index is -1.03. The predicted octanol–water partition coefficient (Wildman–Crippen LogP) is 0.940. The molecule has 0 radical (unpaired) electrons. The van der Waals surface area contributed by atoms with Crippen LogP contribution in [0.2, 0.25) is 0 Å². The molecule has 1 fully saturated rings. The normalized spacial score (nSPS) is 18.3. The molecule has 0 unspecified atom stereocenters. The molecule has 1 heterocycles. The van der Waals surface area contributed by atoms with Crippen LogP contribution in [-0.4, -0.2) is 54.3 Å². The standard InChI is InChI=1S/C15H19NO5/c1-2-20-12-5-3-11(4-6-12)9-14(17)16-7-8-21-13(10-16)15(18)19/h3-6,13H,2,7-10H2,1H3,(H,18,19)/t13-/m0/s1. The molecule has 1 N–H and O–H groups in total. The number of carboxylic acids is 1. The lowest BCUT2D eigenvalue weighted by Crippen LogP contribution is -2.49. The number of ether oxygens (including phenoxy) is 2. The van der Waals surface area contributed by atoms with E-state index in [4.69, 9.17) is 14.6 Å². The van der Waals surface area contributed by atoms with Gasteiger partial charge in [-0.3, -0.25) is 4.79 Å². The van der Waals surface area contributed by atoms with Crippen molar-refractivity contribution in [3.63, 3.8) is 0 Å². The lowest BCUT2D eigenvalue weighted by Gasteiger charge is -2.31. The Labute approximate surface area is 123 Å². The highest BCUT2D eigenvalue weighted by Gasteiger charge is 2.28. The van der Waals surface area contributed by atoms with Crippen LogP contribution in [0.1, 0.15) is 12.5 Å². The first-order valence-electron chi connectivity index (χ1n) is 6.94. The minimum Gasteiger partial charge on any atom is -0.494 e. The molecule has 6 heteroatoms. The minimum absolute atomic E-state index is 0.0892. The van der Waals surface area contributed by atoms with E-state index in [0.717, 1.165) is 11.3 Å². The highest BCUT2D eigenvalue weighted by Crippen LogP contribution is 2.14. The van der Waals surface area contributed by atoms with Crippen LogP contribution in [0.15, 0.2) is 24.3 Å². The summed E-state index contributed by atoms with van der Waals surface area (Å²) < 4.78 is 10.4. The number of hydrogen-bond donors (Lipinski definition) is 1. The van der Waals surface area contributed by atoms with Gasteiger partial charge in [-0.15, -0.1) is 0 Å². The summed E-state index contributed by atoms with van der Waals surface area (Å²) in [6.45, 7) is 3.30. The largest absolute Gasteiger partial charge is 0.494 e. The van der Waals surface area contributed by atoms with Gasteiger partial charge in [0.05, 0.1) is 26.2 Å². The van der Waals surface area contributed by atoms with Gasteiger partial charge < -0.3 is 19.5 Å². The number of rotatable bonds is 5. The molecule has 21 heavy (non-hydrogen) atoms. The van der Waals surface area contributed by atoms with Crippen molar-refractivity contribution in [1.82, 2.24) is 4.90 Å². The van der Waals surface area contributed by atoms with E-state index in [2.05, 4.69) is 0 Å². The lowest BCUT2D eigenvalue weighted by atomic mass is 10.1. The van der Waals surface area contributed by atoms with Gasteiger partial charge in [-0.2, -0.15) is 0 Å². The first-order valence-corrected chi connectivity index (χ1v) is 6.94. The number of carboxylic acid groups (broad SMARTS) is 1. The van der Waals surface area contributed by atoms with Crippen LogP contribution in [-0.2, 0) is 20.7 Å². The first kappa shape index (κ1) is 15.3. The van der Waals surface area contributed by atoms with E-state index in [-0.39, 0.29) is 25.5 Å². The van der Waals surface area contributed by atoms with E-state index < -0.39 is 12.1 Å². The fourth-order valence-corrected chi connectivity index (χ4v) is 2.18. The van der Waals surface area contributed by atoms with Crippen molar-refractivity contribution >= 4 is 11.9 Å². The number of carbonyl (C=O) groups is 2. The SMILES string of the molecule is CCOc1ccc(CC(=O)N2CCO[C@H](C(=O)O)C2)cc1. The maximum Gasteiger partial charge on any atom is 0.334 e. The van der Waals surface area contributed by atoms with Gasteiger partial charge in [-0.25, -0.2) is 4.79 Å². The molecule has 1 atom stereocenters. The van der Waals surface area contributed by atoms with Crippen molar-refractivity contribution in [2.24, 2.45) is 0 Å². The molecule has 1 aromatic rings. The average molecular weight is 293 g/mol. The van der Waals surface area contributed by atoms with Crippen LogP contribution in [0, 0.1) is 0 Å². The van der Waals surface area contributed by atoms with Crippen LogP contribution in [0.25, 0.3) is 0 Å². The molecule has 6 nitrogen and oxygen atoms in total. The Hall–Kier alpha value is -2.08. The van der Waals surface area contributed by atoms with E-state index in [0.29, 0.717) is 13.2 Å². The summed E-state index contributed by atoms with van der Waals surface area (Å²) in [5.74, 6) is -0.353. The van der Waals surface area contributed by atoms with Gasteiger partial charge in [0.15, 0.2) is 6.10 Å². The molecule has 0 aromatic heterocycles. The number of benzene rings is 1. The third-order valence-corrected chi connectivity index (χ3v) is 3.28. The molecule has 2 rings (SSSR count). The van der Waals surface area contributed by atoms with E-state index in [9.17, 15) is 9.59 Å². The van der Waals surface area contributed by atoms with Gasteiger partial charge in [0.2, 0.25) is 5.91 Å². The Bertz CT molecular complexity index is 499. The predicted molar refractivity (Wildman–Crippen MR) is 75.3 cm³/mol. The molecule has 0 spiro atoms. The van der Waals surface area contributed by atoms with Crippen molar-refractivity contribution in [3.8, 4) is 5.75 Å². The topological polar surface area (TPSA) is 76.1 Å². The molecule has 1 aromatic carbocycles. The zero-order chi connectivity index (χ0) is 15.2. The van der Waals surface area contributed by atoms with Crippen LogP contribution < -0.4 is 4.74 Å². The van der Waals surface area contributed by atoms with Crippen LogP contribution in [0.3, 0.4) is 0 Å². The monoisotopic (exact) mass is 293 g/mol. The Balaban J connectivity index is 1.92. The smallest absolute Gasteiger partial charge is 0.334 e. The van der Waals surface area contributed by atoms with Crippen LogP contribution >= 0.6 is 0 Å². The third-order valence-electron chi connectivity index (χ3n) is 3.28. The zero-order valence-corrected chi connectivity index (χ0v) is 11.9. The number of carbonyl (C=O) groups excluding carboxylic acids is 1. The molecule has 0 saturated carbocycles. The molecule has 0 bridgehead atoms. The van der Waals surface area contributed by atoms with Crippen molar-refractivity contribution in [2.45, 2.75) is 19.4 Å². The van der Waals surface area contributed by atoms with Crippen LogP contribution in [0.5, 0.6) is 5.75 Å². The van der Waals surface area contributed by atoms with Gasteiger partial charge in [0.1, 0.15) is 5.75 Å². The molecule has 114 valence electrons. The number of nitrogens with zero attached hydrogens (tertiary/aromatic N) is 1. The number of morpholine rings is 1. The van der Waals surface area contributed by atoms with Gasteiger partial charge in [0, 0.05) is 6.54 Å². The summed E-state index contributed by atoms with van der Waals surface area (Å²) >= 11 is 0. The summed E-state index contributed by atoms with van der Waals surface area (Å²) in [5.41, 5.74) is 0.877. The third kappa shape index (κ3) is 4.19. The fraction of sp³-hybridized carbons (Fsp3) is 0.467. The second kappa shape index (κ2) is 7.08. The molecule has 1 aliphatic rings. The van der Waals surface area contributed by atoms with E-state index in [1.807, 2.05) is 31.2 Å². The maximum atomic E-state index is 12.2. The zero-order valence-electron chi connectivity index (χ0n) is 11.9. The van der Waals surface area contributed by atoms with Crippen molar-refractivity contribution < 1.29 is 24.2 Å². The Morgan fingerprint density at radius 1 is 1.38 bits per heavy atom. The molecular weight excluding hydrogens is 274 g/mol. The van der Waals surface area contributed by atoms with E-state index in [1.54, 1.807) is 4.90 Å². The van der Waals surface area contributed by atoms with Gasteiger partial charge in [-0.1, -0.05) is 12.1 Å². The molecule has 1 saturated heterocycles. The summed E-state index contributed by atoms with van der Waals surface area (Å²) in [6, 6.07) is 7.34. The summed E-state index contributed by atoms with van der Waals surface area (Å²) in [4.78, 5) is 24.6. The van der Waals surface area contributed by atoms with Gasteiger partial charge in [-0.05, 0) is 24.6 Å². The number of hydrogen-bond acceptors (Lipinski definition) is 4. The highest BCUT2D eigenvalue weighted by atomic mass is 16.5. The molecular formula is C15H19NO5. The Morgan fingerprint density at radius 2 is 2.10 bits per heavy atom. The Kier molecular flexibility index (Phi) is 5.16. The first-order chi connectivity index (χ1) is 10.1. The second-order valence-electron chi connectivity index (χ2n) is 4.79. The van der Waals surface area contributed by atoms with Crippen LogP contribution in [0.4, 0.5) is 0 Å². The summed E-state index contributed by atoms with van der Waals surface area (Å²) in [7, 11) is 0. The van der Waals surface area contributed by atoms with Gasteiger partial charge in [0.25, 0.3) is 0 Å². The van der Waals surface area contributed by atoms with Gasteiger partial charge >= 0.3 is 5.97 Å². The van der Waals surface area contributed by atoms with Crippen molar-refractivity contribution in [2.75, 3.05) is 26.3 Å². The lowest BCUT2D eigenvalue weighted by molar-refractivity contribution is -0.159. The van der Waals surface area contributed by atoms with Crippen molar-refractivity contribution in [3.05, 3.63) is 29.8 Å². The second-order valence-corrected chi connectivity index (χ2v) is 4.79. The molecule has 0 aliphatic carbocycles. The fourth-order valence-electron chi connectivity index (χ4n) is 2.18. The number of amides is 1. The quantitative estimate of drug-likeness (QED) is 0.874. The summed E-state index contributed by atoms with van der Waals surface area (Å²) in [5, 5.41) is 8.93. The highest BCUT2D eigenvalue weighted by molar-refractivity contribution is 5.80. The van der Waals surface area contributed by atoms with E-state index >= 15 is 0 Å². The summed E-state index contributed by atoms with van der Waals surface area (Å²) in [6.07, 6.45) is -0.679. The molecule has 1 aliphatic heterocycles. The Morgan fingerprint density at radius 3 is 2.71 bits per heavy atom. The van der Waals surface area contributed by atoms with Crippen molar-refractivity contribution in [1.29, 1.82) is 0 Å². The maximum absolute atomic E-state index is 12.2. The molecule has 1 amide bonds.